The standard InChI is InChI=1S/C13H20O3/c1-11(14)12(2)16-9-8-15-10-13-6-4-3-5-7-13/h3-7,11-12,14H,8-10H2,1-2H3/t11-,12-/m1/s1. The lowest BCUT2D eigenvalue weighted by atomic mass is 10.2. The van der Waals surface area contributed by atoms with Crippen molar-refractivity contribution in [3.05, 3.63) is 35.9 Å². The third-order valence-corrected chi connectivity index (χ3v) is 2.40. The monoisotopic (exact) mass is 224 g/mol. The Morgan fingerprint density at radius 2 is 1.81 bits per heavy atom. The van der Waals surface area contributed by atoms with E-state index in [1.54, 1.807) is 6.92 Å². The second-order valence-corrected chi connectivity index (χ2v) is 3.85. The van der Waals surface area contributed by atoms with Crippen LogP contribution in [-0.4, -0.2) is 30.5 Å². The van der Waals surface area contributed by atoms with Gasteiger partial charge in [0.15, 0.2) is 0 Å². The quantitative estimate of drug-likeness (QED) is 0.720. The Labute approximate surface area is 97.0 Å². The highest BCUT2D eigenvalue weighted by atomic mass is 16.5. The van der Waals surface area contributed by atoms with Crippen molar-refractivity contribution >= 4 is 0 Å². The van der Waals surface area contributed by atoms with Crippen molar-refractivity contribution in [2.24, 2.45) is 0 Å². The molecule has 2 atom stereocenters. The highest BCUT2D eigenvalue weighted by Crippen LogP contribution is 2.01. The molecule has 0 heterocycles. The SMILES string of the molecule is C[C@@H](O)[C@@H](C)OCCOCc1ccccc1. The fourth-order valence-electron chi connectivity index (χ4n) is 1.20. The van der Waals surface area contributed by atoms with Gasteiger partial charge in [0, 0.05) is 0 Å². The molecular weight excluding hydrogens is 204 g/mol. The van der Waals surface area contributed by atoms with E-state index < -0.39 is 6.10 Å². The number of hydrogen-bond acceptors (Lipinski definition) is 3. The molecule has 0 unspecified atom stereocenters. The van der Waals surface area contributed by atoms with Crippen LogP contribution in [0.3, 0.4) is 0 Å². The molecule has 0 bridgehead atoms. The van der Waals surface area contributed by atoms with Crippen LogP contribution in [0.5, 0.6) is 0 Å². The molecule has 3 nitrogen and oxygen atoms in total. The first kappa shape index (κ1) is 13.2. The zero-order chi connectivity index (χ0) is 11.8. The summed E-state index contributed by atoms with van der Waals surface area (Å²) in [5, 5.41) is 9.19. The number of rotatable bonds is 7. The van der Waals surface area contributed by atoms with Crippen molar-refractivity contribution < 1.29 is 14.6 Å². The van der Waals surface area contributed by atoms with E-state index >= 15 is 0 Å². The first-order chi connectivity index (χ1) is 7.70. The Hall–Kier alpha value is -0.900. The summed E-state index contributed by atoms with van der Waals surface area (Å²) in [6.45, 7) is 5.23. The van der Waals surface area contributed by atoms with E-state index in [2.05, 4.69) is 0 Å². The Morgan fingerprint density at radius 1 is 1.12 bits per heavy atom. The van der Waals surface area contributed by atoms with Crippen molar-refractivity contribution in [2.75, 3.05) is 13.2 Å². The average Bonchev–Trinajstić information content (AvgIpc) is 2.29. The van der Waals surface area contributed by atoms with Gasteiger partial charge >= 0.3 is 0 Å². The van der Waals surface area contributed by atoms with Gasteiger partial charge in [-0.25, -0.2) is 0 Å². The predicted molar refractivity (Wildman–Crippen MR) is 63.2 cm³/mol. The Kier molecular flexibility index (Phi) is 6.08. The zero-order valence-corrected chi connectivity index (χ0v) is 9.93. The summed E-state index contributed by atoms with van der Waals surface area (Å²) in [6.07, 6.45) is -0.575. The number of aliphatic hydroxyl groups is 1. The van der Waals surface area contributed by atoms with Gasteiger partial charge in [-0.1, -0.05) is 30.3 Å². The Morgan fingerprint density at radius 3 is 2.44 bits per heavy atom. The summed E-state index contributed by atoms with van der Waals surface area (Å²) in [6, 6.07) is 10.0. The van der Waals surface area contributed by atoms with Gasteiger partial charge < -0.3 is 14.6 Å². The largest absolute Gasteiger partial charge is 0.391 e. The molecule has 0 saturated carbocycles. The van der Waals surface area contributed by atoms with E-state index in [-0.39, 0.29) is 6.10 Å². The van der Waals surface area contributed by atoms with Crippen LogP contribution in [0.25, 0.3) is 0 Å². The third kappa shape index (κ3) is 5.26. The predicted octanol–water partition coefficient (Wildman–Crippen LogP) is 1.99. The second kappa shape index (κ2) is 7.39. The van der Waals surface area contributed by atoms with Gasteiger partial charge in [0.25, 0.3) is 0 Å². The minimum absolute atomic E-state index is 0.139. The lowest BCUT2D eigenvalue weighted by molar-refractivity contribution is -0.0427. The van der Waals surface area contributed by atoms with Crippen molar-refractivity contribution in [1.82, 2.24) is 0 Å². The minimum atomic E-state index is -0.436. The lowest BCUT2D eigenvalue weighted by Crippen LogP contribution is -2.24. The summed E-state index contributed by atoms with van der Waals surface area (Å²) in [7, 11) is 0. The number of hydrogen-bond donors (Lipinski definition) is 1. The molecule has 0 spiro atoms. The number of aliphatic hydroxyl groups excluding tert-OH is 1. The summed E-state index contributed by atoms with van der Waals surface area (Å²) in [4.78, 5) is 0. The van der Waals surface area contributed by atoms with Crippen LogP contribution < -0.4 is 0 Å². The summed E-state index contributed by atoms with van der Waals surface area (Å²) in [5.41, 5.74) is 1.16. The summed E-state index contributed by atoms with van der Waals surface area (Å²) in [5.74, 6) is 0. The topological polar surface area (TPSA) is 38.7 Å². The summed E-state index contributed by atoms with van der Waals surface area (Å²) < 4.78 is 10.8. The molecule has 0 saturated heterocycles. The molecule has 0 amide bonds. The number of ether oxygens (including phenoxy) is 2. The minimum Gasteiger partial charge on any atom is -0.391 e. The van der Waals surface area contributed by atoms with E-state index in [1.807, 2.05) is 37.3 Å². The van der Waals surface area contributed by atoms with Gasteiger partial charge in [-0.15, -0.1) is 0 Å². The van der Waals surface area contributed by atoms with Gasteiger partial charge in [-0.05, 0) is 19.4 Å². The molecule has 1 aromatic rings. The van der Waals surface area contributed by atoms with Crippen LogP contribution in [0.1, 0.15) is 19.4 Å². The molecule has 0 fully saturated rings. The van der Waals surface area contributed by atoms with Gasteiger partial charge in [-0.3, -0.25) is 0 Å². The molecule has 0 radical (unpaired) electrons. The van der Waals surface area contributed by atoms with Crippen molar-refractivity contribution in [1.29, 1.82) is 0 Å². The normalized spacial score (nSPS) is 14.7. The molecule has 1 rings (SSSR count). The second-order valence-electron chi connectivity index (χ2n) is 3.85. The summed E-state index contributed by atoms with van der Waals surface area (Å²) >= 11 is 0. The first-order valence-electron chi connectivity index (χ1n) is 5.61. The zero-order valence-electron chi connectivity index (χ0n) is 9.93. The van der Waals surface area contributed by atoms with Gasteiger partial charge in [0.05, 0.1) is 32.0 Å². The molecule has 16 heavy (non-hydrogen) atoms. The molecule has 0 aliphatic heterocycles. The maximum absolute atomic E-state index is 9.19. The Balaban J connectivity index is 2.04. The van der Waals surface area contributed by atoms with Gasteiger partial charge in [-0.2, -0.15) is 0 Å². The van der Waals surface area contributed by atoms with Crippen molar-refractivity contribution in [3.63, 3.8) is 0 Å². The van der Waals surface area contributed by atoms with Crippen LogP contribution in [0.2, 0.25) is 0 Å². The fourth-order valence-corrected chi connectivity index (χ4v) is 1.20. The van der Waals surface area contributed by atoms with E-state index in [0.717, 1.165) is 5.56 Å². The fraction of sp³-hybridized carbons (Fsp3) is 0.538. The maximum Gasteiger partial charge on any atom is 0.0804 e. The van der Waals surface area contributed by atoms with Gasteiger partial charge in [0.1, 0.15) is 0 Å². The molecule has 1 N–H and O–H groups in total. The van der Waals surface area contributed by atoms with E-state index in [0.29, 0.717) is 19.8 Å². The molecular formula is C13H20O3. The molecule has 0 aliphatic carbocycles. The van der Waals surface area contributed by atoms with Crippen LogP contribution in [0, 0.1) is 0 Å². The molecule has 1 aromatic carbocycles. The maximum atomic E-state index is 9.19. The van der Waals surface area contributed by atoms with Gasteiger partial charge in [0.2, 0.25) is 0 Å². The highest BCUT2D eigenvalue weighted by Gasteiger charge is 2.07. The van der Waals surface area contributed by atoms with E-state index in [1.165, 1.54) is 0 Å². The third-order valence-electron chi connectivity index (χ3n) is 2.40. The smallest absolute Gasteiger partial charge is 0.0804 e. The van der Waals surface area contributed by atoms with Crippen LogP contribution in [0.4, 0.5) is 0 Å². The van der Waals surface area contributed by atoms with E-state index in [9.17, 15) is 5.11 Å². The van der Waals surface area contributed by atoms with Crippen molar-refractivity contribution in [2.45, 2.75) is 32.7 Å². The van der Waals surface area contributed by atoms with Crippen molar-refractivity contribution in [3.8, 4) is 0 Å². The van der Waals surface area contributed by atoms with E-state index in [4.69, 9.17) is 9.47 Å². The molecule has 90 valence electrons. The molecule has 0 aromatic heterocycles. The van der Waals surface area contributed by atoms with Crippen LogP contribution >= 0.6 is 0 Å². The lowest BCUT2D eigenvalue weighted by Gasteiger charge is -2.15. The number of benzene rings is 1. The molecule has 0 aliphatic rings. The first-order valence-corrected chi connectivity index (χ1v) is 5.61. The average molecular weight is 224 g/mol. The molecule has 3 heteroatoms. The van der Waals surface area contributed by atoms with Crippen LogP contribution in [-0.2, 0) is 16.1 Å². The highest BCUT2D eigenvalue weighted by molar-refractivity contribution is 5.13. The van der Waals surface area contributed by atoms with Crippen LogP contribution in [0.15, 0.2) is 30.3 Å². The Bertz CT molecular complexity index is 272.